The van der Waals surface area contributed by atoms with Crippen molar-refractivity contribution in [1.29, 1.82) is 0 Å². The van der Waals surface area contributed by atoms with Crippen LogP contribution in [0.5, 0.6) is 0 Å². The van der Waals surface area contributed by atoms with Crippen LogP contribution in [0.25, 0.3) is 0 Å². The maximum atomic E-state index is 11.5. The fourth-order valence-corrected chi connectivity index (χ4v) is 3.33. The Labute approximate surface area is 65.5 Å². The van der Waals surface area contributed by atoms with Gasteiger partial charge in [-0.05, 0) is 0 Å². The summed E-state index contributed by atoms with van der Waals surface area (Å²) in [6.07, 6.45) is 0. The second-order valence-corrected chi connectivity index (χ2v) is 11.9. The first kappa shape index (κ1) is 7.94. The molecule has 1 aromatic carbocycles. The quantitative estimate of drug-likeness (QED) is 0.685. The van der Waals surface area contributed by atoms with Crippen LogP contribution in [0.2, 0.25) is 9.74 Å². The second-order valence-electron chi connectivity index (χ2n) is 2.69. The number of hydrogen-bond donors (Lipinski definition) is 0. The molecule has 0 unspecified atom stereocenters. The van der Waals surface area contributed by atoms with Gasteiger partial charge in [0.15, 0.2) is 0 Å². The van der Waals surface area contributed by atoms with E-state index in [1.807, 2.05) is 40.1 Å². The molecule has 10 heavy (non-hydrogen) atoms. The number of hydrogen-bond acceptors (Lipinski definition) is 1. The molecule has 0 amide bonds. The third-order valence-corrected chi connectivity index (χ3v) is 5.78. The van der Waals surface area contributed by atoms with E-state index < -0.39 is 18.8 Å². The van der Waals surface area contributed by atoms with E-state index in [0.29, 0.717) is 0 Å². The van der Waals surface area contributed by atoms with Crippen molar-refractivity contribution >= 4 is 22.3 Å². The summed E-state index contributed by atoms with van der Waals surface area (Å²) in [6.45, 7) is 0. The minimum absolute atomic E-state index is 1.04. The van der Waals surface area contributed by atoms with E-state index in [9.17, 15) is 3.02 Å². The third-order valence-electron chi connectivity index (χ3n) is 1.38. The van der Waals surface area contributed by atoms with Gasteiger partial charge in [0.25, 0.3) is 0 Å². The van der Waals surface area contributed by atoms with Crippen LogP contribution in [0.1, 0.15) is 0 Å². The van der Waals surface area contributed by atoms with Crippen LogP contribution < -0.4 is 3.51 Å². The number of rotatable bonds is 1. The fourth-order valence-electron chi connectivity index (χ4n) is 0.787. The van der Waals surface area contributed by atoms with Gasteiger partial charge >= 0.3 is 65.4 Å². The molecule has 0 aliphatic carbocycles. The summed E-state index contributed by atoms with van der Waals surface area (Å²) in [5.41, 5.74) is 0. The van der Waals surface area contributed by atoms with Crippen LogP contribution >= 0.6 is 0 Å². The Morgan fingerprint density at radius 3 is 1.90 bits per heavy atom. The Bertz CT molecular complexity index is 247. The molecule has 0 saturated carbocycles. The van der Waals surface area contributed by atoms with E-state index in [-0.39, 0.29) is 0 Å². The van der Waals surface area contributed by atoms with Crippen molar-refractivity contribution in [3.8, 4) is 0 Å². The van der Waals surface area contributed by atoms with Gasteiger partial charge in [0.2, 0.25) is 0 Å². The topological polar surface area (TPSA) is 17.1 Å². The first-order chi connectivity index (χ1) is 4.61. The van der Waals surface area contributed by atoms with E-state index in [2.05, 4.69) is 0 Å². The molecule has 1 nitrogen and oxygen atoms in total. The Balaban J connectivity index is 3.09. The zero-order valence-corrected chi connectivity index (χ0v) is 8.79. The molecule has 0 atom stereocenters. The average Bonchev–Trinajstić information content (AvgIpc) is 1.88. The molecule has 0 heterocycles. The van der Waals surface area contributed by atoms with Gasteiger partial charge in [0.1, 0.15) is 0 Å². The van der Waals surface area contributed by atoms with Crippen LogP contribution in [0, 0.1) is 0 Å². The summed E-state index contributed by atoms with van der Waals surface area (Å²) in [6, 6.07) is 9.70. The molecule has 54 valence electrons. The van der Waals surface area contributed by atoms with Crippen LogP contribution in [0.4, 0.5) is 0 Å². The van der Waals surface area contributed by atoms with Crippen molar-refractivity contribution in [2.75, 3.05) is 0 Å². The van der Waals surface area contributed by atoms with Crippen LogP contribution in [0.15, 0.2) is 30.3 Å². The average molecular weight is 245 g/mol. The van der Waals surface area contributed by atoms with Gasteiger partial charge in [-0.1, -0.05) is 0 Å². The van der Waals surface area contributed by atoms with Crippen molar-refractivity contribution in [3.05, 3.63) is 30.3 Å². The zero-order valence-electron chi connectivity index (χ0n) is 6.24. The predicted octanol–water partition coefficient (Wildman–Crippen LogP) is 1.53. The molecule has 0 radical (unpaired) electrons. The standard InChI is InChI=1S/C6H5.2CH3.O.Sb/c1-2-4-6-5-3-1;;;;/h1-5H;2*1H3;;. The predicted molar refractivity (Wildman–Crippen MR) is 44.2 cm³/mol. The molecule has 1 rings (SSSR count). The third kappa shape index (κ3) is 1.91. The molecular weight excluding hydrogens is 234 g/mol. The summed E-state index contributed by atoms with van der Waals surface area (Å²) < 4.78 is 12.5. The first-order valence-corrected chi connectivity index (χ1v) is 10.6. The van der Waals surface area contributed by atoms with Crippen LogP contribution in [-0.4, -0.2) is 18.8 Å². The Morgan fingerprint density at radius 1 is 1.10 bits per heavy atom. The normalized spacial score (nSPS) is 11.4. The van der Waals surface area contributed by atoms with E-state index in [4.69, 9.17) is 0 Å². The molecule has 0 spiro atoms. The first-order valence-electron chi connectivity index (χ1n) is 3.21. The van der Waals surface area contributed by atoms with Crippen molar-refractivity contribution in [3.63, 3.8) is 0 Å². The van der Waals surface area contributed by atoms with E-state index in [1.54, 1.807) is 0 Å². The molecule has 0 aliphatic rings. The van der Waals surface area contributed by atoms with Crippen LogP contribution in [0.3, 0.4) is 0 Å². The summed E-state index contributed by atoms with van der Waals surface area (Å²) in [7, 11) is 0. The van der Waals surface area contributed by atoms with Crippen molar-refractivity contribution in [2.45, 2.75) is 9.74 Å². The maximum absolute atomic E-state index is 11.5. The van der Waals surface area contributed by atoms with Gasteiger partial charge in [0.05, 0.1) is 0 Å². The van der Waals surface area contributed by atoms with Gasteiger partial charge in [-0.15, -0.1) is 0 Å². The molecular formula is C8H11OSb. The summed E-state index contributed by atoms with van der Waals surface area (Å²) in [5, 5.41) is 0. The Morgan fingerprint density at radius 2 is 1.60 bits per heavy atom. The summed E-state index contributed by atoms with van der Waals surface area (Å²) in [4.78, 5) is 3.74. The van der Waals surface area contributed by atoms with Crippen molar-refractivity contribution < 1.29 is 3.02 Å². The van der Waals surface area contributed by atoms with Crippen molar-refractivity contribution in [1.82, 2.24) is 0 Å². The SMILES string of the molecule is [CH3][Sb]([CH3])(=[O])[c]1ccccc1. The van der Waals surface area contributed by atoms with Gasteiger partial charge in [-0.3, -0.25) is 0 Å². The van der Waals surface area contributed by atoms with E-state index in [0.717, 1.165) is 3.51 Å². The molecule has 0 aromatic heterocycles. The van der Waals surface area contributed by atoms with Gasteiger partial charge in [-0.25, -0.2) is 0 Å². The van der Waals surface area contributed by atoms with Crippen LogP contribution in [-0.2, 0) is 3.02 Å². The second kappa shape index (κ2) is 2.84. The summed E-state index contributed by atoms with van der Waals surface area (Å²) >= 11 is -2.87. The molecule has 2 heteroatoms. The van der Waals surface area contributed by atoms with Crippen molar-refractivity contribution in [2.24, 2.45) is 0 Å². The summed E-state index contributed by atoms with van der Waals surface area (Å²) in [5.74, 6) is 0. The molecule has 1 aromatic rings. The molecule has 0 fully saturated rings. The Kier molecular flexibility index (Phi) is 2.25. The van der Waals surface area contributed by atoms with Gasteiger partial charge in [-0.2, -0.15) is 0 Å². The molecule has 0 saturated heterocycles. The molecule has 0 N–H and O–H groups in total. The van der Waals surface area contributed by atoms with E-state index >= 15 is 0 Å². The fraction of sp³-hybridized carbons (Fsp3) is 0.250. The Hall–Kier alpha value is -0.162. The number of benzene rings is 1. The van der Waals surface area contributed by atoms with E-state index in [1.165, 1.54) is 0 Å². The zero-order chi connectivity index (χ0) is 7.61. The minimum atomic E-state index is -2.87. The molecule has 0 bridgehead atoms. The van der Waals surface area contributed by atoms with Gasteiger partial charge < -0.3 is 0 Å². The molecule has 0 aliphatic heterocycles. The van der Waals surface area contributed by atoms with Gasteiger partial charge in [0, 0.05) is 0 Å². The monoisotopic (exact) mass is 244 g/mol.